The minimum Gasteiger partial charge on any atom is -0.393 e. The average Bonchev–Trinajstić information content (AvgIpc) is 1.81. The van der Waals surface area contributed by atoms with Crippen molar-refractivity contribution in [3.8, 4) is 0 Å². The molecule has 76 valence electrons. The fourth-order valence-corrected chi connectivity index (χ4v) is 0.929. The normalized spacial score (nSPS) is 11.0. The van der Waals surface area contributed by atoms with Crippen LogP contribution in [0.15, 0.2) is 0 Å². The Balaban J connectivity index is 3.54. The summed E-state index contributed by atoms with van der Waals surface area (Å²) in [6, 6.07) is 0. The lowest BCUT2D eigenvalue weighted by Gasteiger charge is -2.17. The minimum absolute atomic E-state index is 0.0863. The number of hydrogen-bond acceptors (Lipinski definition) is 2. The molecule has 4 heteroatoms. The molecular weight excluding hydrogens is 184 g/mol. The number of carbonyl (C=O) groups excluding carboxylic acids is 1. The number of amides is 1. The second-order valence-corrected chi connectivity index (χ2v) is 4.83. The van der Waals surface area contributed by atoms with Crippen molar-refractivity contribution >= 4 is 23.1 Å². The molecule has 0 aromatic heterocycles. The van der Waals surface area contributed by atoms with Gasteiger partial charge in [-0.2, -0.15) is 0 Å². The summed E-state index contributed by atoms with van der Waals surface area (Å²) in [5.74, 6) is -0.0863. The second-order valence-electron chi connectivity index (χ2n) is 4.30. The van der Waals surface area contributed by atoms with Crippen molar-refractivity contribution in [1.29, 1.82) is 0 Å². The van der Waals surface area contributed by atoms with E-state index in [1.54, 1.807) is 0 Å². The number of carbonyl (C=O) groups is 1. The molecule has 1 amide bonds. The van der Waals surface area contributed by atoms with Crippen molar-refractivity contribution < 1.29 is 4.79 Å². The van der Waals surface area contributed by atoms with E-state index in [2.05, 4.69) is 38.3 Å². The Hall–Kier alpha value is -0.640. The quantitative estimate of drug-likeness (QED) is 0.674. The molecule has 0 bridgehead atoms. The van der Waals surface area contributed by atoms with Crippen LogP contribution in [0, 0.1) is 5.41 Å². The highest BCUT2D eigenvalue weighted by molar-refractivity contribution is 7.80. The lowest BCUT2D eigenvalue weighted by Crippen LogP contribution is -2.30. The molecule has 0 aliphatic heterocycles. The van der Waals surface area contributed by atoms with Crippen molar-refractivity contribution in [2.75, 3.05) is 6.54 Å². The van der Waals surface area contributed by atoms with Gasteiger partial charge in [-0.3, -0.25) is 4.79 Å². The smallest absolute Gasteiger partial charge is 0.226 e. The zero-order valence-electron chi connectivity index (χ0n) is 8.52. The largest absolute Gasteiger partial charge is 0.393 e. The first-order chi connectivity index (χ1) is 5.81. The monoisotopic (exact) mass is 202 g/mol. The summed E-state index contributed by atoms with van der Waals surface area (Å²) in [7, 11) is 0. The maximum absolute atomic E-state index is 11.1. The van der Waals surface area contributed by atoms with E-state index in [0.717, 1.165) is 6.42 Å². The van der Waals surface area contributed by atoms with Crippen LogP contribution in [-0.4, -0.2) is 17.4 Å². The standard InChI is InChI=1S/C9H18N2OS/c1-9(2,3)4-5-11-8(12)6-7(10)13/h4-6H2,1-3H3,(H2,10,13)(H,11,12). The fourth-order valence-electron chi connectivity index (χ4n) is 0.798. The van der Waals surface area contributed by atoms with Crippen LogP contribution in [0.4, 0.5) is 0 Å². The Morgan fingerprint density at radius 2 is 2.00 bits per heavy atom. The maximum atomic E-state index is 11.1. The van der Waals surface area contributed by atoms with E-state index in [1.807, 2.05) is 0 Å². The van der Waals surface area contributed by atoms with E-state index >= 15 is 0 Å². The van der Waals surface area contributed by atoms with E-state index in [4.69, 9.17) is 5.73 Å². The molecule has 0 radical (unpaired) electrons. The highest BCUT2D eigenvalue weighted by Gasteiger charge is 2.10. The molecule has 0 aliphatic rings. The molecule has 0 spiro atoms. The van der Waals surface area contributed by atoms with Crippen LogP contribution in [-0.2, 0) is 4.79 Å². The summed E-state index contributed by atoms with van der Waals surface area (Å²) in [5, 5.41) is 2.76. The molecule has 0 fully saturated rings. The molecule has 0 atom stereocenters. The molecule has 0 heterocycles. The van der Waals surface area contributed by atoms with E-state index in [0.29, 0.717) is 6.54 Å². The van der Waals surface area contributed by atoms with Gasteiger partial charge in [-0.1, -0.05) is 33.0 Å². The van der Waals surface area contributed by atoms with Crippen molar-refractivity contribution in [2.45, 2.75) is 33.6 Å². The fraction of sp³-hybridized carbons (Fsp3) is 0.778. The van der Waals surface area contributed by atoms with Gasteiger partial charge in [0.1, 0.15) is 0 Å². The van der Waals surface area contributed by atoms with Crippen LogP contribution in [0.5, 0.6) is 0 Å². The molecule has 13 heavy (non-hydrogen) atoms. The van der Waals surface area contributed by atoms with Gasteiger partial charge in [0.2, 0.25) is 5.91 Å². The van der Waals surface area contributed by atoms with Crippen molar-refractivity contribution in [3.05, 3.63) is 0 Å². The Labute approximate surface area is 85.1 Å². The Morgan fingerprint density at radius 1 is 1.46 bits per heavy atom. The number of nitrogens with one attached hydrogen (secondary N) is 1. The van der Waals surface area contributed by atoms with E-state index in [-0.39, 0.29) is 22.7 Å². The first-order valence-electron chi connectivity index (χ1n) is 4.36. The third kappa shape index (κ3) is 9.27. The highest BCUT2D eigenvalue weighted by atomic mass is 32.1. The topological polar surface area (TPSA) is 55.1 Å². The van der Waals surface area contributed by atoms with E-state index < -0.39 is 0 Å². The number of thiocarbonyl (C=S) groups is 1. The predicted octanol–water partition coefficient (Wildman–Crippen LogP) is 1.22. The number of rotatable bonds is 4. The lowest BCUT2D eigenvalue weighted by molar-refractivity contribution is -0.119. The summed E-state index contributed by atoms with van der Waals surface area (Å²) in [5.41, 5.74) is 5.47. The summed E-state index contributed by atoms with van der Waals surface area (Å²) >= 11 is 4.61. The average molecular weight is 202 g/mol. The van der Waals surface area contributed by atoms with Crippen molar-refractivity contribution in [1.82, 2.24) is 5.32 Å². The Kier molecular flexibility index (Phi) is 4.91. The van der Waals surface area contributed by atoms with Crippen molar-refractivity contribution in [3.63, 3.8) is 0 Å². The van der Waals surface area contributed by atoms with Crippen molar-refractivity contribution in [2.24, 2.45) is 11.1 Å². The maximum Gasteiger partial charge on any atom is 0.226 e. The molecule has 0 aliphatic carbocycles. The Bertz CT molecular complexity index is 196. The van der Waals surface area contributed by atoms with Crippen LogP contribution >= 0.6 is 12.2 Å². The van der Waals surface area contributed by atoms with Gasteiger partial charge in [-0.05, 0) is 11.8 Å². The summed E-state index contributed by atoms with van der Waals surface area (Å²) in [6.07, 6.45) is 1.11. The minimum atomic E-state index is -0.0863. The molecule has 0 aromatic rings. The van der Waals surface area contributed by atoms with Crippen LogP contribution in [0.25, 0.3) is 0 Å². The third-order valence-corrected chi connectivity index (χ3v) is 1.68. The van der Waals surface area contributed by atoms with Gasteiger partial charge < -0.3 is 11.1 Å². The van der Waals surface area contributed by atoms with Crippen LogP contribution < -0.4 is 11.1 Å². The van der Waals surface area contributed by atoms with Gasteiger partial charge in [-0.25, -0.2) is 0 Å². The first-order valence-corrected chi connectivity index (χ1v) is 4.77. The van der Waals surface area contributed by atoms with Crippen LogP contribution in [0.2, 0.25) is 0 Å². The molecule has 0 unspecified atom stereocenters. The zero-order valence-corrected chi connectivity index (χ0v) is 9.33. The molecule has 0 saturated heterocycles. The van der Waals surface area contributed by atoms with Crippen LogP contribution in [0.3, 0.4) is 0 Å². The summed E-state index contributed by atoms with van der Waals surface area (Å²) < 4.78 is 0. The van der Waals surface area contributed by atoms with Gasteiger partial charge in [0.25, 0.3) is 0 Å². The van der Waals surface area contributed by atoms with E-state index in [1.165, 1.54) is 0 Å². The molecule has 3 N–H and O–H groups in total. The van der Waals surface area contributed by atoms with Gasteiger partial charge in [-0.15, -0.1) is 0 Å². The third-order valence-electron chi connectivity index (χ3n) is 1.53. The molecule has 3 nitrogen and oxygen atoms in total. The van der Waals surface area contributed by atoms with E-state index in [9.17, 15) is 4.79 Å². The van der Waals surface area contributed by atoms with Gasteiger partial charge in [0.15, 0.2) is 0 Å². The zero-order chi connectivity index (χ0) is 10.5. The summed E-state index contributed by atoms with van der Waals surface area (Å²) in [6.45, 7) is 7.08. The molecule has 0 rings (SSSR count). The number of hydrogen-bond donors (Lipinski definition) is 2. The molecular formula is C9H18N2OS. The molecule has 0 saturated carbocycles. The highest BCUT2D eigenvalue weighted by Crippen LogP contribution is 2.16. The van der Waals surface area contributed by atoms with Gasteiger partial charge in [0.05, 0.1) is 11.4 Å². The SMILES string of the molecule is CC(C)(C)CCNC(=O)CC(N)=S. The molecule has 0 aromatic carbocycles. The predicted molar refractivity (Wildman–Crippen MR) is 58.5 cm³/mol. The van der Waals surface area contributed by atoms with Gasteiger partial charge in [0, 0.05) is 6.54 Å². The lowest BCUT2D eigenvalue weighted by atomic mass is 9.92. The number of nitrogens with two attached hydrogens (primary N) is 1. The first kappa shape index (κ1) is 12.4. The second kappa shape index (κ2) is 5.17. The Morgan fingerprint density at radius 3 is 2.38 bits per heavy atom. The van der Waals surface area contributed by atoms with Crippen LogP contribution in [0.1, 0.15) is 33.6 Å². The summed E-state index contributed by atoms with van der Waals surface area (Å²) in [4.78, 5) is 11.3. The van der Waals surface area contributed by atoms with Gasteiger partial charge >= 0.3 is 0 Å².